The molecule has 16 nitrogen and oxygen atoms in total. The summed E-state index contributed by atoms with van der Waals surface area (Å²) in [6.07, 6.45) is 9.97. The Kier molecular flexibility index (Phi) is 23.1. The number of hydrogen-bond donors (Lipinski definition) is 1. The Hall–Kier alpha value is -7.12. The third-order valence-corrected chi connectivity index (χ3v) is 23.9. The lowest BCUT2D eigenvalue weighted by Crippen LogP contribution is -2.65. The third kappa shape index (κ3) is 13.4. The van der Waals surface area contributed by atoms with Gasteiger partial charge in [-0.1, -0.05) is 179 Å². The smallest absolute Gasteiger partial charge is 0.237 e. The number of ketones is 2. The van der Waals surface area contributed by atoms with Crippen LogP contribution in [0.5, 0.6) is 0 Å². The fourth-order valence-corrected chi connectivity index (χ4v) is 18.9. The van der Waals surface area contributed by atoms with Gasteiger partial charge < -0.3 is 39.0 Å². The van der Waals surface area contributed by atoms with Gasteiger partial charge in [-0.3, -0.25) is 28.8 Å². The van der Waals surface area contributed by atoms with Gasteiger partial charge >= 0.3 is 0 Å². The number of halogens is 1. The maximum Gasteiger partial charge on any atom is 0.237 e. The second-order valence-electron chi connectivity index (χ2n) is 30.0. The van der Waals surface area contributed by atoms with Gasteiger partial charge in [0, 0.05) is 85.6 Å². The number of hydrogen-bond acceptors (Lipinski definition) is 12. The van der Waals surface area contributed by atoms with E-state index < -0.39 is 33.2 Å². The number of piperidine rings is 4. The standard InChI is InChI=1S/C21H29NO3.2C20H22N2O2.C18H23NO3.C3H7Br/c1-15(2)22-12-9-18-16(3)21(24-13-14-25-21)11-10-20(18,19(22)23)17-7-5-4-6-8-17;2*1-13(2)22-10-9-17-14(3)18(23)15(12-21)11-20(17,19(22)24)16-7-5-4-6-8-16;1-13-15-7-10-19-16(20)17(15,14-5-3-2-4-6-14)8-9-18(13)21-11-12-22-18;1-3(2)4/h4-8,15-16,18H,9-14H2,1-3H3;2*4-8,11,13-14,17H,9-10H2,1-3H3;2-6,13,15H,7-12H2,1H3,(H,19,20);3H,1-2H3/t16-,18-,20+;2*14-,17-,20+;13-,15-,17+;/m0100./s1. The quantitative estimate of drug-likeness (QED) is 0.171. The Morgan fingerprint density at radius 2 is 0.758 bits per heavy atom. The lowest BCUT2D eigenvalue weighted by atomic mass is 9.54. The lowest BCUT2D eigenvalue weighted by Gasteiger charge is -2.57. The number of nitrogens with zero attached hydrogens (tertiary/aromatic N) is 5. The molecule has 14 rings (SSSR count). The van der Waals surface area contributed by atoms with E-state index in [9.17, 15) is 39.3 Å². The second-order valence-corrected chi connectivity index (χ2v) is 31.8. The fraction of sp³-hybridized carbons (Fsp3) is 0.561. The average molecular weight is 1410 g/mol. The van der Waals surface area contributed by atoms with Crippen LogP contribution in [0.15, 0.2) is 145 Å². The van der Waals surface area contributed by atoms with Crippen LogP contribution in [0.2, 0.25) is 0 Å². The van der Waals surface area contributed by atoms with Gasteiger partial charge in [-0.15, -0.1) is 0 Å². The van der Waals surface area contributed by atoms with Crippen molar-refractivity contribution in [2.75, 3.05) is 52.6 Å². The number of nitrogens with one attached hydrogen (secondary N) is 1. The minimum absolute atomic E-state index is 0.00653. The highest BCUT2D eigenvalue weighted by atomic mass is 79.9. The molecule has 0 radical (unpaired) electrons. The van der Waals surface area contributed by atoms with Crippen LogP contribution in [0.4, 0.5) is 0 Å². The minimum atomic E-state index is -0.915. The number of alkyl halides is 1. The zero-order chi connectivity index (χ0) is 71.4. The largest absolute Gasteiger partial charge is 0.355 e. The fourth-order valence-electron chi connectivity index (χ4n) is 18.9. The van der Waals surface area contributed by atoms with E-state index in [1.54, 1.807) is 12.2 Å². The van der Waals surface area contributed by atoms with Gasteiger partial charge in [0.2, 0.25) is 23.6 Å². The van der Waals surface area contributed by atoms with Crippen LogP contribution >= 0.6 is 15.9 Å². The highest BCUT2D eigenvalue weighted by Crippen LogP contribution is 2.59. The van der Waals surface area contributed by atoms with E-state index in [1.165, 1.54) is 0 Å². The van der Waals surface area contributed by atoms with E-state index >= 15 is 0 Å². The number of ether oxygens (including phenoxy) is 4. The van der Waals surface area contributed by atoms with Crippen molar-refractivity contribution >= 4 is 51.1 Å². The summed E-state index contributed by atoms with van der Waals surface area (Å²) in [5.74, 6) is -0.677. The summed E-state index contributed by atoms with van der Waals surface area (Å²) in [7, 11) is 0. The third-order valence-electron chi connectivity index (χ3n) is 23.9. The summed E-state index contributed by atoms with van der Waals surface area (Å²) in [6.45, 7) is 30.1. The molecule has 4 aliphatic carbocycles. The van der Waals surface area contributed by atoms with Crippen molar-refractivity contribution in [1.29, 1.82) is 10.5 Å². The first-order chi connectivity index (χ1) is 47.3. The molecule has 0 bridgehead atoms. The molecule has 4 amide bonds. The number of allylic oxidation sites excluding steroid dienone is 2. The predicted molar refractivity (Wildman–Crippen MR) is 384 cm³/mol. The van der Waals surface area contributed by atoms with Crippen LogP contribution in [0.1, 0.15) is 157 Å². The molecule has 6 aliphatic heterocycles. The van der Waals surface area contributed by atoms with Crippen molar-refractivity contribution in [2.24, 2.45) is 47.3 Å². The van der Waals surface area contributed by atoms with Gasteiger partial charge in [0.05, 0.1) is 59.2 Å². The van der Waals surface area contributed by atoms with Crippen molar-refractivity contribution in [1.82, 2.24) is 20.0 Å². The van der Waals surface area contributed by atoms with Crippen LogP contribution < -0.4 is 5.32 Å². The van der Waals surface area contributed by atoms with Crippen molar-refractivity contribution in [3.05, 3.63) is 167 Å². The number of nitriles is 2. The first-order valence-electron chi connectivity index (χ1n) is 36.3. The number of fused-ring (bicyclic) bond motifs is 4. The maximum absolute atomic E-state index is 13.7. The minimum Gasteiger partial charge on any atom is -0.355 e. The SMILES string of the molecule is CC(C)Br.CC(C)N1CC[C@@H]2[C@@H](C)C(=O)C(C#N)=C[C@@]2(c2ccccc2)C1=O.CC(C)N1CC[C@H]2[C@H](C)C(=O)C(C#N)=C[C@]2(c2ccccc2)C1=O.CC(C)N1CC[C@H]2[C@H](C)C3(CC[C@]2(c2ccccc2)C1=O)OCCO3.C[C@H]1[C@@H]2CCNC(=O)[C@@]2(c2ccccc2)CCC12OCCO2. The monoisotopic (exact) mass is 1410 g/mol. The van der Waals surface area contributed by atoms with E-state index in [0.29, 0.717) is 50.3 Å². The molecule has 2 saturated carbocycles. The molecule has 99 heavy (non-hydrogen) atoms. The van der Waals surface area contributed by atoms with Gasteiger partial charge in [-0.05, 0) is 138 Å². The zero-order valence-corrected chi connectivity index (χ0v) is 61.7. The van der Waals surface area contributed by atoms with Crippen molar-refractivity contribution in [3.8, 4) is 12.1 Å². The van der Waals surface area contributed by atoms with Crippen LogP contribution in [-0.4, -0.2) is 137 Å². The molecule has 4 aromatic carbocycles. The van der Waals surface area contributed by atoms with Gasteiger partial charge in [0.15, 0.2) is 23.1 Å². The van der Waals surface area contributed by atoms with Gasteiger partial charge in [0.25, 0.3) is 0 Å². The molecule has 4 aromatic rings. The van der Waals surface area contributed by atoms with Crippen molar-refractivity contribution in [3.63, 3.8) is 0 Å². The number of amides is 4. The van der Waals surface area contributed by atoms with E-state index in [0.717, 1.165) is 86.7 Å². The van der Waals surface area contributed by atoms with Gasteiger partial charge in [-0.25, -0.2) is 0 Å². The number of likely N-dealkylation sites (tertiary alicyclic amines) is 3. The molecular weight excluding hydrogens is 1310 g/mol. The molecular formula is C82H103BrN6O10. The van der Waals surface area contributed by atoms with E-state index in [-0.39, 0.29) is 106 Å². The van der Waals surface area contributed by atoms with E-state index in [2.05, 4.69) is 104 Å². The van der Waals surface area contributed by atoms with E-state index in [4.69, 9.17) is 18.9 Å². The predicted octanol–water partition coefficient (Wildman–Crippen LogP) is 13.1. The second kappa shape index (κ2) is 30.6. The Labute approximate surface area is 595 Å². The van der Waals surface area contributed by atoms with Crippen LogP contribution in [0, 0.1) is 70.0 Å². The van der Waals surface area contributed by atoms with Gasteiger partial charge in [0.1, 0.15) is 12.1 Å². The van der Waals surface area contributed by atoms with Crippen LogP contribution in [0.25, 0.3) is 0 Å². The van der Waals surface area contributed by atoms with Crippen LogP contribution in [-0.2, 0) is 69.4 Å². The lowest BCUT2D eigenvalue weighted by molar-refractivity contribution is -0.239. The Balaban J connectivity index is 0.000000140. The molecule has 0 unspecified atom stereocenters. The number of benzene rings is 4. The number of rotatable bonds is 7. The number of carbonyl (C=O) groups excluding carboxylic acids is 6. The number of carbonyl (C=O) groups is 6. The molecule has 0 aromatic heterocycles. The first-order valence-corrected chi connectivity index (χ1v) is 37.2. The summed E-state index contributed by atoms with van der Waals surface area (Å²) >= 11 is 3.27. The van der Waals surface area contributed by atoms with E-state index in [1.807, 2.05) is 148 Å². The molecule has 17 heteroatoms. The molecule has 10 aliphatic rings. The topological polar surface area (TPSA) is 209 Å². The summed E-state index contributed by atoms with van der Waals surface area (Å²) < 4.78 is 24.2. The molecule has 12 atom stereocenters. The molecule has 2 spiro atoms. The Bertz CT molecular complexity index is 3570. The number of Topliss-reactive ketones (excluding diaryl/α,β-unsaturated/α-hetero) is 2. The highest BCUT2D eigenvalue weighted by molar-refractivity contribution is 9.09. The molecule has 6 heterocycles. The normalized spacial score (nSPS) is 31.8. The van der Waals surface area contributed by atoms with Crippen LogP contribution in [0.3, 0.4) is 0 Å². The summed E-state index contributed by atoms with van der Waals surface area (Å²) in [5, 5.41) is 22.0. The molecule has 6 saturated heterocycles. The van der Waals surface area contributed by atoms with Crippen molar-refractivity contribution in [2.45, 2.75) is 191 Å². The van der Waals surface area contributed by atoms with Gasteiger partial charge in [-0.2, -0.15) is 10.5 Å². The summed E-state index contributed by atoms with van der Waals surface area (Å²) in [5.41, 5.74) is 1.57. The molecule has 528 valence electrons. The Morgan fingerprint density at radius 1 is 0.444 bits per heavy atom. The first kappa shape index (κ1) is 74.6. The summed E-state index contributed by atoms with van der Waals surface area (Å²) in [4.78, 5) is 85.1. The average Bonchev–Trinajstić information content (AvgIpc) is 1.58. The zero-order valence-electron chi connectivity index (χ0n) is 60.1. The summed E-state index contributed by atoms with van der Waals surface area (Å²) in [6, 6.07) is 44.3. The van der Waals surface area contributed by atoms with Crippen molar-refractivity contribution < 1.29 is 47.7 Å². The maximum atomic E-state index is 13.7. The molecule has 8 fully saturated rings. The Morgan fingerprint density at radius 3 is 1.11 bits per heavy atom. The highest BCUT2D eigenvalue weighted by Gasteiger charge is 2.65. The molecule has 1 N–H and O–H groups in total.